The Morgan fingerprint density at radius 3 is 2.46 bits per heavy atom. The van der Waals surface area contributed by atoms with Crippen molar-refractivity contribution in [3.63, 3.8) is 0 Å². The molecule has 1 aliphatic rings. The number of H-pyrrole nitrogens is 1. The van der Waals surface area contributed by atoms with Crippen LogP contribution in [0.5, 0.6) is 0 Å². The van der Waals surface area contributed by atoms with Crippen molar-refractivity contribution in [1.29, 1.82) is 0 Å². The summed E-state index contributed by atoms with van der Waals surface area (Å²) in [6.45, 7) is 4.05. The first-order valence-electron chi connectivity index (χ1n) is 9.55. The first-order valence-corrected chi connectivity index (χ1v) is 9.55. The molecule has 4 heteroatoms. The maximum Gasteiger partial charge on any atom is 0.355 e. The number of ketones is 1. The smallest absolute Gasteiger partial charge is 0.355 e. The molecule has 0 unspecified atom stereocenters. The van der Waals surface area contributed by atoms with Crippen LogP contribution < -0.4 is 0 Å². The van der Waals surface area contributed by atoms with E-state index >= 15 is 0 Å². The van der Waals surface area contributed by atoms with Crippen molar-refractivity contribution in [2.24, 2.45) is 0 Å². The third-order valence-electron chi connectivity index (χ3n) is 5.45. The molecule has 0 radical (unpaired) electrons. The number of carbonyl (C=O) groups is 2. The fraction of sp³-hybridized carbons (Fsp3) is 0.250. The van der Waals surface area contributed by atoms with Crippen LogP contribution in [-0.4, -0.2) is 16.7 Å². The van der Waals surface area contributed by atoms with Crippen LogP contribution in [0.4, 0.5) is 0 Å². The molecule has 1 atom stereocenters. The topological polar surface area (TPSA) is 59.2 Å². The molecule has 0 amide bonds. The van der Waals surface area contributed by atoms with E-state index in [1.54, 1.807) is 0 Å². The molecule has 1 N–H and O–H groups in total. The average Bonchev–Trinajstić information content (AvgIpc) is 3.05. The van der Waals surface area contributed by atoms with Gasteiger partial charge in [-0.3, -0.25) is 4.79 Å². The van der Waals surface area contributed by atoms with E-state index in [0.717, 1.165) is 28.8 Å². The zero-order valence-electron chi connectivity index (χ0n) is 16.1. The summed E-state index contributed by atoms with van der Waals surface area (Å²) < 4.78 is 5.48. The van der Waals surface area contributed by atoms with Crippen molar-refractivity contribution in [3.05, 3.63) is 93.8 Å². The van der Waals surface area contributed by atoms with Crippen molar-refractivity contribution in [2.75, 3.05) is 0 Å². The fourth-order valence-corrected chi connectivity index (χ4v) is 3.90. The minimum atomic E-state index is -0.420. The molecule has 0 bridgehead atoms. The number of benzene rings is 2. The lowest BCUT2D eigenvalue weighted by Gasteiger charge is -2.22. The van der Waals surface area contributed by atoms with Gasteiger partial charge in [0.05, 0.1) is 0 Å². The van der Waals surface area contributed by atoms with Gasteiger partial charge in [0.2, 0.25) is 0 Å². The molecule has 3 aromatic rings. The number of aromatic nitrogens is 1. The molecule has 1 aromatic heterocycles. The van der Waals surface area contributed by atoms with E-state index in [-0.39, 0.29) is 18.3 Å². The Labute approximate surface area is 164 Å². The van der Waals surface area contributed by atoms with Crippen LogP contribution in [0.15, 0.2) is 54.6 Å². The van der Waals surface area contributed by atoms with Gasteiger partial charge in [0.25, 0.3) is 0 Å². The van der Waals surface area contributed by atoms with Crippen molar-refractivity contribution < 1.29 is 14.3 Å². The summed E-state index contributed by atoms with van der Waals surface area (Å²) in [5.41, 5.74) is 5.83. The number of nitrogens with one attached hydrogen (secondary N) is 1. The third kappa shape index (κ3) is 3.50. The molecule has 0 fully saturated rings. The number of aromatic amines is 1. The van der Waals surface area contributed by atoms with Crippen LogP contribution in [0.3, 0.4) is 0 Å². The summed E-state index contributed by atoms with van der Waals surface area (Å²) in [6.07, 6.45) is 1.19. The van der Waals surface area contributed by atoms with Gasteiger partial charge >= 0.3 is 5.97 Å². The number of carbonyl (C=O) groups excluding carboxylic acids is 2. The summed E-state index contributed by atoms with van der Waals surface area (Å²) in [5.74, 6) is -0.200. The highest BCUT2D eigenvalue weighted by Gasteiger charge is 2.32. The second-order valence-corrected chi connectivity index (χ2v) is 7.48. The van der Waals surface area contributed by atoms with Crippen LogP contribution in [0.2, 0.25) is 0 Å². The standard InChI is InChI=1S/C24H23NO3/c1-15-8-10-17(11-9-15)14-28-24(27)23-16(2)22-20(25-23)12-19(13-21(22)26)18-6-4-3-5-7-18/h3-11,19,25H,12-14H2,1-2H3/t19-/m1/s1. The highest BCUT2D eigenvalue weighted by Crippen LogP contribution is 2.35. The Morgan fingerprint density at radius 1 is 1.04 bits per heavy atom. The Hall–Kier alpha value is -3.14. The lowest BCUT2D eigenvalue weighted by Crippen LogP contribution is -2.18. The van der Waals surface area contributed by atoms with E-state index in [2.05, 4.69) is 17.1 Å². The maximum absolute atomic E-state index is 12.8. The van der Waals surface area contributed by atoms with Gasteiger partial charge in [0.1, 0.15) is 12.3 Å². The molecule has 0 saturated carbocycles. The summed E-state index contributed by atoms with van der Waals surface area (Å²) in [4.78, 5) is 28.6. The van der Waals surface area contributed by atoms with Crippen LogP contribution in [0, 0.1) is 13.8 Å². The fourth-order valence-electron chi connectivity index (χ4n) is 3.90. The van der Waals surface area contributed by atoms with E-state index in [9.17, 15) is 9.59 Å². The number of Topliss-reactive ketones (excluding diaryl/α,β-unsaturated/α-hetero) is 1. The summed E-state index contributed by atoms with van der Waals surface area (Å²) >= 11 is 0. The molecule has 1 heterocycles. The van der Waals surface area contributed by atoms with Gasteiger partial charge in [-0.15, -0.1) is 0 Å². The summed E-state index contributed by atoms with van der Waals surface area (Å²) in [6, 6.07) is 17.9. The largest absolute Gasteiger partial charge is 0.456 e. The third-order valence-corrected chi connectivity index (χ3v) is 5.45. The van der Waals surface area contributed by atoms with E-state index in [1.807, 2.05) is 56.3 Å². The number of aryl methyl sites for hydroxylation is 1. The van der Waals surface area contributed by atoms with Gasteiger partial charge in [-0.25, -0.2) is 4.79 Å². The minimum Gasteiger partial charge on any atom is -0.456 e. The van der Waals surface area contributed by atoms with Crippen molar-refractivity contribution >= 4 is 11.8 Å². The maximum atomic E-state index is 12.8. The first-order chi connectivity index (χ1) is 13.5. The van der Waals surface area contributed by atoms with Crippen LogP contribution in [-0.2, 0) is 17.8 Å². The Morgan fingerprint density at radius 2 is 1.75 bits per heavy atom. The molecule has 0 aliphatic heterocycles. The van der Waals surface area contributed by atoms with Gasteiger partial charge in [-0.2, -0.15) is 0 Å². The van der Waals surface area contributed by atoms with Crippen LogP contribution in [0.25, 0.3) is 0 Å². The number of rotatable bonds is 4. The highest BCUT2D eigenvalue weighted by atomic mass is 16.5. The second-order valence-electron chi connectivity index (χ2n) is 7.48. The predicted octanol–water partition coefficient (Wildman–Crippen LogP) is 4.90. The lowest BCUT2D eigenvalue weighted by atomic mass is 9.81. The Bertz CT molecular complexity index is 1020. The van der Waals surface area contributed by atoms with Gasteiger partial charge in [0, 0.05) is 17.7 Å². The van der Waals surface area contributed by atoms with E-state index in [4.69, 9.17) is 4.74 Å². The quantitative estimate of drug-likeness (QED) is 0.662. The second kappa shape index (κ2) is 7.47. The SMILES string of the molecule is Cc1ccc(COC(=O)c2[nH]c3c(c2C)C(=O)C[C@H](c2ccccc2)C3)cc1. The van der Waals surface area contributed by atoms with Crippen molar-refractivity contribution in [3.8, 4) is 0 Å². The van der Waals surface area contributed by atoms with Gasteiger partial charge < -0.3 is 9.72 Å². The minimum absolute atomic E-state index is 0.0847. The molecule has 2 aromatic carbocycles. The van der Waals surface area contributed by atoms with Crippen molar-refractivity contribution in [1.82, 2.24) is 4.98 Å². The number of ether oxygens (including phenoxy) is 1. The lowest BCUT2D eigenvalue weighted by molar-refractivity contribution is 0.0465. The number of hydrogen-bond donors (Lipinski definition) is 1. The van der Waals surface area contributed by atoms with Crippen molar-refractivity contribution in [2.45, 2.75) is 39.2 Å². The average molecular weight is 373 g/mol. The number of esters is 1. The molecule has 4 rings (SSSR count). The first kappa shape index (κ1) is 18.2. The zero-order chi connectivity index (χ0) is 19.7. The number of fused-ring (bicyclic) bond motifs is 1. The van der Waals surface area contributed by atoms with E-state index in [1.165, 1.54) is 0 Å². The normalized spacial score (nSPS) is 15.9. The molecular formula is C24H23NO3. The zero-order valence-corrected chi connectivity index (χ0v) is 16.1. The van der Waals surface area contributed by atoms with Gasteiger partial charge in [0.15, 0.2) is 5.78 Å². The molecule has 1 aliphatic carbocycles. The Kier molecular flexibility index (Phi) is 4.86. The molecule has 142 valence electrons. The van der Waals surface area contributed by atoms with Gasteiger partial charge in [-0.1, -0.05) is 60.2 Å². The van der Waals surface area contributed by atoms with Gasteiger partial charge in [-0.05, 0) is 42.9 Å². The number of hydrogen-bond acceptors (Lipinski definition) is 3. The van der Waals surface area contributed by atoms with E-state index < -0.39 is 5.97 Å². The van der Waals surface area contributed by atoms with E-state index in [0.29, 0.717) is 23.2 Å². The molecule has 4 nitrogen and oxygen atoms in total. The molecular weight excluding hydrogens is 350 g/mol. The monoisotopic (exact) mass is 373 g/mol. The molecule has 0 spiro atoms. The predicted molar refractivity (Wildman–Crippen MR) is 108 cm³/mol. The molecule has 28 heavy (non-hydrogen) atoms. The van der Waals surface area contributed by atoms with Crippen LogP contribution >= 0.6 is 0 Å². The Balaban J connectivity index is 1.53. The molecule has 0 saturated heterocycles. The summed E-state index contributed by atoms with van der Waals surface area (Å²) in [5, 5.41) is 0. The van der Waals surface area contributed by atoms with Crippen LogP contribution in [0.1, 0.15) is 61.1 Å². The highest BCUT2D eigenvalue weighted by molar-refractivity contribution is 6.03. The summed E-state index contributed by atoms with van der Waals surface area (Å²) in [7, 11) is 0.